The largest absolute Gasteiger partial charge is 0.481 e. The number of aliphatic carboxylic acids is 1. The van der Waals surface area contributed by atoms with Crippen LogP contribution in [0, 0.1) is 5.92 Å². The lowest BCUT2D eigenvalue weighted by atomic mass is 9.69. The van der Waals surface area contributed by atoms with E-state index >= 15 is 0 Å². The molecule has 29 heavy (non-hydrogen) atoms. The highest BCUT2D eigenvalue weighted by molar-refractivity contribution is 5.75. The molecule has 0 saturated heterocycles. The van der Waals surface area contributed by atoms with Crippen LogP contribution in [0.4, 0.5) is 0 Å². The number of carboxylic acid groups (broad SMARTS) is 1. The van der Waals surface area contributed by atoms with E-state index in [1.165, 1.54) is 6.42 Å². The molecule has 1 fully saturated rings. The van der Waals surface area contributed by atoms with Crippen molar-refractivity contribution < 1.29 is 19.7 Å². The average Bonchev–Trinajstić information content (AvgIpc) is 2.72. The molecule has 1 aromatic rings. The number of hydrogen-bond donors (Lipinski definition) is 2. The Morgan fingerprint density at radius 1 is 1.17 bits per heavy atom. The Morgan fingerprint density at radius 3 is 2.34 bits per heavy atom. The summed E-state index contributed by atoms with van der Waals surface area (Å²) in [5.74, 6) is -1.58. The van der Waals surface area contributed by atoms with Crippen molar-refractivity contribution in [1.82, 2.24) is 4.90 Å². The third kappa shape index (κ3) is 4.47. The maximum Gasteiger partial charge on any atom is 0.314 e. The number of benzene rings is 1. The van der Waals surface area contributed by atoms with Crippen molar-refractivity contribution in [3.8, 4) is 0 Å². The second-order valence-corrected chi connectivity index (χ2v) is 8.65. The number of rotatable bonds is 7. The Labute approximate surface area is 173 Å². The summed E-state index contributed by atoms with van der Waals surface area (Å²) in [4.78, 5) is 13.5. The van der Waals surface area contributed by atoms with Crippen LogP contribution < -0.4 is 0 Å². The fourth-order valence-electron chi connectivity index (χ4n) is 4.80. The fraction of sp³-hybridized carbons (Fsp3) is 0.542. The molecule has 0 radical (unpaired) electrons. The summed E-state index contributed by atoms with van der Waals surface area (Å²) in [7, 11) is 5.71. The van der Waals surface area contributed by atoms with Crippen molar-refractivity contribution >= 4 is 5.97 Å². The second-order valence-electron chi connectivity index (χ2n) is 8.65. The first-order valence-corrected chi connectivity index (χ1v) is 10.4. The zero-order valence-electron chi connectivity index (χ0n) is 17.7. The van der Waals surface area contributed by atoms with Gasteiger partial charge in [-0.2, -0.15) is 0 Å². The number of aliphatic hydroxyl groups is 1. The summed E-state index contributed by atoms with van der Waals surface area (Å²) in [5.41, 5.74) is 0.442. The maximum atomic E-state index is 11.6. The monoisotopic (exact) mass is 399 g/mol. The maximum absolute atomic E-state index is 11.6. The third-order valence-corrected chi connectivity index (χ3v) is 6.40. The molecule has 5 heteroatoms. The summed E-state index contributed by atoms with van der Waals surface area (Å²) in [5, 5.41) is 21.0. The highest BCUT2D eigenvalue weighted by Crippen LogP contribution is 2.45. The molecule has 0 heterocycles. The molecule has 3 rings (SSSR count). The first-order valence-electron chi connectivity index (χ1n) is 10.4. The lowest BCUT2D eigenvalue weighted by molar-refractivity contribution is -0.138. The zero-order chi connectivity index (χ0) is 21.1. The van der Waals surface area contributed by atoms with E-state index in [9.17, 15) is 15.0 Å². The summed E-state index contributed by atoms with van der Waals surface area (Å²) >= 11 is 0. The lowest BCUT2D eigenvalue weighted by Crippen LogP contribution is -2.44. The molecular weight excluding hydrogens is 366 g/mol. The lowest BCUT2D eigenvalue weighted by Gasteiger charge is -2.43. The van der Waals surface area contributed by atoms with E-state index in [0.29, 0.717) is 0 Å². The Morgan fingerprint density at radius 2 is 1.79 bits per heavy atom. The van der Waals surface area contributed by atoms with Gasteiger partial charge in [0.25, 0.3) is 0 Å². The molecule has 5 nitrogen and oxygen atoms in total. The van der Waals surface area contributed by atoms with E-state index in [1.807, 2.05) is 44.4 Å². The number of carbonyl (C=O) groups is 1. The molecule has 1 unspecified atom stereocenters. The number of likely N-dealkylation sites (N-methyl/N-ethyl adjacent to an activating group) is 1. The van der Waals surface area contributed by atoms with Crippen LogP contribution in [-0.2, 0) is 15.1 Å². The Bertz CT molecular complexity index is 763. The van der Waals surface area contributed by atoms with Crippen molar-refractivity contribution in [1.29, 1.82) is 0 Å². The molecule has 0 amide bonds. The topological polar surface area (TPSA) is 70.0 Å². The zero-order valence-corrected chi connectivity index (χ0v) is 17.7. The summed E-state index contributed by atoms with van der Waals surface area (Å²) in [6, 6.07) is 8.10. The van der Waals surface area contributed by atoms with E-state index in [2.05, 4.69) is 11.0 Å². The van der Waals surface area contributed by atoms with Gasteiger partial charge >= 0.3 is 5.97 Å². The molecule has 0 aromatic heterocycles. The van der Waals surface area contributed by atoms with Crippen molar-refractivity contribution in [3.05, 3.63) is 59.7 Å². The van der Waals surface area contributed by atoms with E-state index in [-0.39, 0.29) is 5.92 Å². The van der Waals surface area contributed by atoms with Crippen LogP contribution in [0.5, 0.6) is 0 Å². The van der Waals surface area contributed by atoms with Gasteiger partial charge in [-0.3, -0.25) is 4.79 Å². The Kier molecular flexibility index (Phi) is 6.62. The van der Waals surface area contributed by atoms with Crippen LogP contribution >= 0.6 is 0 Å². The first-order chi connectivity index (χ1) is 13.8. The molecule has 0 aliphatic heterocycles. The predicted octanol–water partition coefficient (Wildman–Crippen LogP) is 3.70. The fourth-order valence-corrected chi connectivity index (χ4v) is 4.80. The molecule has 1 aromatic carbocycles. The van der Waals surface area contributed by atoms with Gasteiger partial charge in [0.1, 0.15) is 5.60 Å². The molecule has 2 aliphatic rings. The molecule has 2 aliphatic carbocycles. The quantitative estimate of drug-likeness (QED) is 0.684. The molecular formula is C24H33NO4. The van der Waals surface area contributed by atoms with Gasteiger partial charge in [-0.1, -0.05) is 55.7 Å². The van der Waals surface area contributed by atoms with Crippen LogP contribution in [0.25, 0.3) is 0 Å². The van der Waals surface area contributed by atoms with Gasteiger partial charge < -0.3 is 19.8 Å². The molecule has 1 saturated carbocycles. The average molecular weight is 400 g/mol. The van der Waals surface area contributed by atoms with Crippen LogP contribution in [-0.4, -0.2) is 54.4 Å². The van der Waals surface area contributed by atoms with Gasteiger partial charge in [-0.15, -0.1) is 0 Å². The van der Waals surface area contributed by atoms with Gasteiger partial charge in [-0.25, -0.2) is 0 Å². The van der Waals surface area contributed by atoms with Crippen molar-refractivity contribution in [2.45, 2.75) is 49.2 Å². The molecule has 1 atom stereocenters. The normalized spacial score (nSPS) is 27.1. The van der Waals surface area contributed by atoms with Crippen LogP contribution in [0.1, 0.15) is 49.1 Å². The Hall–Kier alpha value is -1.95. The van der Waals surface area contributed by atoms with Gasteiger partial charge in [0.2, 0.25) is 0 Å². The summed E-state index contributed by atoms with van der Waals surface area (Å²) < 4.78 is 5.95. The molecule has 0 bridgehead atoms. The smallest absolute Gasteiger partial charge is 0.314 e. The second kappa shape index (κ2) is 8.82. The summed E-state index contributed by atoms with van der Waals surface area (Å²) in [6.07, 6.45) is 11.9. The van der Waals surface area contributed by atoms with E-state index in [0.717, 1.165) is 43.4 Å². The van der Waals surface area contributed by atoms with Gasteiger partial charge in [-0.05, 0) is 50.2 Å². The number of methoxy groups -OCH3 is 1. The minimum absolute atomic E-state index is 0.0555. The van der Waals surface area contributed by atoms with Crippen LogP contribution in [0.3, 0.4) is 0 Å². The number of ether oxygens (including phenoxy) is 1. The predicted molar refractivity (Wildman–Crippen MR) is 114 cm³/mol. The van der Waals surface area contributed by atoms with Crippen molar-refractivity contribution in [2.75, 3.05) is 27.7 Å². The van der Waals surface area contributed by atoms with Crippen molar-refractivity contribution in [3.63, 3.8) is 0 Å². The highest BCUT2D eigenvalue weighted by Gasteiger charge is 2.42. The Balaban J connectivity index is 2.07. The van der Waals surface area contributed by atoms with Crippen molar-refractivity contribution in [2.24, 2.45) is 5.92 Å². The first kappa shape index (κ1) is 21.8. The molecule has 158 valence electrons. The van der Waals surface area contributed by atoms with E-state index in [1.54, 1.807) is 19.3 Å². The van der Waals surface area contributed by atoms with Crippen LogP contribution in [0.15, 0.2) is 48.6 Å². The standard InChI is InChI=1S/C24H33NO4/c1-25(2)17-21(23(28)13-7-4-8-14-23)19-9-5-6-10-20(19)24(29-3)15-11-18(12-16-24)22(26)27/h5-6,9-12,15-16,18,21,28H,4,7-8,13-14,17H2,1-3H3,(H,26,27). The minimum atomic E-state index is -0.877. The molecule has 2 N–H and O–H groups in total. The van der Waals surface area contributed by atoms with Gasteiger partial charge in [0.15, 0.2) is 0 Å². The van der Waals surface area contributed by atoms with E-state index < -0.39 is 23.1 Å². The molecule has 0 spiro atoms. The third-order valence-electron chi connectivity index (χ3n) is 6.40. The minimum Gasteiger partial charge on any atom is -0.481 e. The van der Waals surface area contributed by atoms with E-state index in [4.69, 9.17) is 4.74 Å². The number of hydrogen-bond acceptors (Lipinski definition) is 4. The summed E-state index contributed by atoms with van der Waals surface area (Å²) in [6.45, 7) is 0.735. The number of carboxylic acids is 1. The van der Waals surface area contributed by atoms with Crippen LogP contribution in [0.2, 0.25) is 0 Å². The highest BCUT2D eigenvalue weighted by atomic mass is 16.5. The number of nitrogens with zero attached hydrogens (tertiary/aromatic N) is 1. The van der Waals surface area contributed by atoms with Gasteiger partial charge in [0, 0.05) is 19.6 Å². The SMILES string of the molecule is COC1(c2ccccc2C(CN(C)C)C2(O)CCCCC2)C=CC(C(=O)O)C=C1. The van der Waals surface area contributed by atoms with Gasteiger partial charge in [0.05, 0.1) is 11.5 Å².